The molecule has 196 valence electrons. The molecule has 0 aliphatic heterocycles. The highest BCUT2D eigenvalue weighted by Gasteiger charge is 2.45. The second-order valence-electron chi connectivity index (χ2n) is 8.69. The standard InChI is InChI=1S/C20H33NO13/c22-13-12(14(23)16(25)17(26)15(13)24)18(27,11-4-2-1-3-5-11)10-34-7-6-21(8-19(28,29)30)9-20(31,32)33/h11,22-33H,1-10H2. The summed E-state index contributed by atoms with van der Waals surface area (Å²) in [5, 5.41) is 117. The number of nitrogens with zero attached hydrogens (tertiary/aromatic N) is 1. The first-order valence-electron chi connectivity index (χ1n) is 10.6. The molecule has 1 atom stereocenters. The van der Waals surface area contributed by atoms with E-state index in [4.69, 9.17) is 35.4 Å². The summed E-state index contributed by atoms with van der Waals surface area (Å²) in [5.74, 6) is -12.6. The highest BCUT2D eigenvalue weighted by molar-refractivity contribution is 5.69. The van der Waals surface area contributed by atoms with E-state index < -0.39 is 77.5 Å². The molecule has 0 spiro atoms. The molecule has 1 aromatic rings. The van der Waals surface area contributed by atoms with Gasteiger partial charge >= 0.3 is 0 Å². The van der Waals surface area contributed by atoms with Crippen molar-refractivity contribution in [3.63, 3.8) is 0 Å². The number of rotatable bonds is 11. The van der Waals surface area contributed by atoms with Gasteiger partial charge < -0.3 is 66.0 Å². The number of hydrogen-bond acceptors (Lipinski definition) is 14. The second kappa shape index (κ2) is 10.6. The van der Waals surface area contributed by atoms with E-state index >= 15 is 0 Å². The number of phenols is 5. The molecule has 0 amide bonds. The molecule has 1 aromatic carbocycles. The van der Waals surface area contributed by atoms with E-state index in [9.17, 15) is 30.6 Å². The van der Waals surface area contributed by atoms with Gasteiger partial charge in [-0.1, -0.05) is 19.3 Å². The molecule has 0 bridgehead atoms. The summed E-state index contributed by atoms with van der Waals surface area (Å²) < 4.78 is 5.46. The lowest BCUT2D eigenvalue weighted by molar-refractivity contribution is -0.340. The average Bonchev–Trinajstić information content (AvgIpc) is 2.72. The summed E-state index contributed by atoms with van der Waals surface area (Å²) in [6, 6.07) is 0. The van der Waals surface area contributed by atoms with E-state index in [2.05, 4.69) is 0 Å². The summed E-state index contributed by atoms with van der Waals surface area (Å²) in [4.78, 5) is 0.826. The van der Waals surface area contributed by atoms with Crippen LogP contribution in [0.5, 0.6) is 28.7 Å². The molecule has 2 rings (SSSR count). The summed E-state index contributed by atoms with van der Waals surface area (Å²) >= 11 is 0. The maximum absolute atomic E-state index is 11.5. The van der Waals surface area contributed by atoms with Crippen molar-refractivity contribution in [2.45, 2.75) is 49.7 Å². The van der Waals surface area contributed by atoms with Crippen LogP contribution in [0.25, 0.3) is 0 Å². The van der Waals surface area contributed by atoms with Gasteiger partial charge in [-0.25, -0.2) is 0 Å². The monoisotopic (exact) mass is 495 g/mol. The first-order valence-corrected chi connectivity index (χ1v) is 10.6. The predicted molar refractivity (Wildman–Crippen MR) is 111 cm³/mol. The largest absolute Gasteiger partial charge is 0.504 e. The molecule has 0 radical (unpaired) electrons. The van der Waals surface area contributed by atoms with Crippen molar-refractivity contribution in [2.24, 2.45) is 5.92 Å². The van der Waals surface area contributed by atoms with Gasteiger partial charge in [-0.3, -0.25) is 4.90 Å². The molecule has 12 N–H and O–H groups in total. The SMILES string of the molecule is Oc1c(O)c(O)c(C(O)(COCCN(CC(O)(O)O)CC(O)(O)O)C2CCCCC2)c(O)c1O. The fourth-order valence-corrected chi connectivity index (χ4v) is 4.31. The number of benzene rings is 1. The third-order valence-corrected chi connectivity index (χ3v) is 5.83. The van der Waals surface area contributed by atoms with Crippen LogP contribution in [0.3, 0.4) is 0 Å². The Bertz CT molecular complexity index is 784. The lowest BCUT2D eigenvalue weighted by Crippen LogP contribution is -2.51. The van der Waals surface area contributed by atoms with Crippen LogP contribution in [0.4, 0.5) is 0 Å². The highest BCUT2D eigenvalue weighted by atomic mass is 16.7. The number of aromatic hydroxyl groups is 5. The molecule has 1 aliphatic carbocycles. The van der Waals surface area contributed by atoms with Crippen LogP contribution < -0.4 is 0 Å². The lowest BCUT2D eigenvalue weighted by Gasteiger charge is -2.39. The molecule has 1 saturated carbocycles. The molecule has 14 heteroatoms. The molecule has 0 heterocycles. The van der Waals surface area contributed by atoms with Crippen LogP contribution in [0.2, 0.25) is 0 Å². The van der Waals surface area contributed by atoms with Gasteiger partial charge in [-0.2, -0.15) is 0 Å². The quantitative estimate of drug-likeness (QED) is 0.0659. The fourth-order valence-electron chi connectivity index (χ4n) is 4.31. The van der Waals surface area contributed by atoms with Crippen molar-refractivity contribution in [3.8, 4) is 28.7 Å². The van der Waals surface area contributed by atoms with Gasteiger partial charge in [0.15, 0.2) is 11.5 Å². The molecule has 1 aliphatic rings. The minimum Gasteiger partial charge on any atom is -0.504 e. The Labute approximate surface area is 194 Å². The Balaban J connectivity index is 2.27. The molecule has 14 nitrogen and oxygen atoms in total. The first kappa shape index (κ1) is 28.1. The van der Waals surface area contributed by atoms with Crippen LogP contribution in [-0.2, 0) is 10.3 Å². The Morgan fingerprint density at radius 2 is 1.12 bits per heavy atom. The van der Waals surface area contributed by atoms with Crippen molar-refractivity contribution < 1.29 is 66.0 Å². The van der Waals surface area contributed by atoms with E-state index in [-0.39, 0.29) is 13.2 Å². The van der Waals surface area contributed by atoms with Gasteiger partial charge in [0.25, 0.3) is 11.9 Å². The summed E-state index contributed by atoms with van der Waals surface area (Å²) in [6.45, 7) is -3.15. The normalized spacial score (nSPS) is 17.8. The maximum atomic E-state index is 11.5. The Morgan fingerprint density at radius 3 is 1.56 bits per heavy atom. The van der Waals surface area contributed by atoms with Crippen molar-refractivity contribution in [3.05, 3.63) is 5.56 Å². The zero-order valence-corrected chi connectivity index (χ0v) is 18.4. The van der Waals surface area contributed by atoms with Gasteiger partial charge in [0, 0.05) is 6.54 Å². The Kier molecular flexibility index (Phi) is 8.79. The summed E-state index contributed by atoms with van der Waals surface area (Å²) in [7, 11) is 0. The number of hydrogen-bond donors (Lipinski definition) is 12. The van der Waals surface area contributed by atoms with E-state index in [1.165, 1.54) is 0 Å². The molecular formula is C20H33NO13. The summed E-state index contributed by atoms with van der Waals surface area (Å²) in [5.41, 5.74) is -2.80. The van der Waals surface area contributed by atoms with E-state index in [0.717, 1.165) is 11.3 Å². The maximum Gasteiger partial charge on any atom is 0.288 e. The number of aliphatic hydroxyl groups is 7. The van der Waals surface area contributed by atoms with Crippen LogP contribution in [0, 0.1) is 5.92 Å². The molecule has 0 aromatic heterocycles. The van der Waals surface area contributed by atoms with Gasteiger partial charge in [0.05, 0.1) is 31.9 Å². The Hall–Kier alpha value is -2.14. The third kappa shape index (κ3) is 6.94. The minimum atomic E-state index is -3.23. The fraction of sp³-hybridized carbons (Fsp3) is 0.700. The van der Waals surface area contributed by atoms with E-state index in [1.54, 1.807) is 0 Å². The topological polar surface area (TPSA) is 255 Å². The molecular weight excluding hydrogens is 462 g/mol. The van der Waals surface area contributed by atoms with Gasteiger partial charge in [0.1, 0.15) is 5.60 Å². The molecule has 34 heavy (non-hydrogen) atoms. The molecule has 1 unspecified atom stereocenters. The van der Waals surface area contributed by atoms with Crippen molar-refractivity contribution in [2.75, 3.05) is 32.8 Å². The van der Waals surface area contributed by atoms with Gasteiger partial charge in [-0.05, 0) is 18.8 Å². The average molecular weight is 495 g/mol. The van der Waals surface area contributed by atoms with Crippen LogP contribution in [0.15, 0.2) is 0 Å². The first-order chi connectivity index (χ1) is 15.6. The number of ether oxygens (including phenoxy) is 1. The zero-order chi connectivity index (χ0) is 25.9. The zero-order valence-electron chi connectivity index (χ0n) is 18.4. The van der Waals surface area contributed by atoms with Gasteiger partial charge in [0.2, 0.25) is 17.2 Å². The van der Waals surface area contributed by atoms with Crippen LogP contribution in [-0.4, -0.2) is 111 Å². The van der Waals surface area contributed by atoms with Crippen molar-refractivity contribution >= 4 is 0 Å². The van der Waals surface area contributed by atoms with Crippen LogP contribution >= 0.6 is 0 Å². The van der Waals surface area contributed by atoms with E-state index in [1.807, 2.05) is 0 Å². The smallest absolute Gasteiger partial charge is 0.288 e. The lowest BCUT2D eigenvalue weighted by atomic mass is 9.73. The third-order valence-electron chi connectivity index (χ3n) is 5.83. The van der Waals surface area contributed by atoms with Crippen molar-refractivity contribution in [1.29, 1.82) is 0 Å². The second-order valence-corrected chi connectivity index (χ2v) is 8.69. The Morgan fingerprint density at radius 1 is 0.676 bits per heavy atom. The highest BCUT2D eigenvalue weighted by Crippen LogP contribution is 2.56. The molecule has 0 saturated heterocycles. The number of phenolic OH excluding ortho intramolecular Hbond substituents is 5. The van der Waals surface area contributed by atoms with Crippen LogP contribution in [0.1, 0.15) is 37.7 Å². The predicted octanol–water partition coefficient (Wildman–Crippen LogP) is -2.44. The summed E-state index contributed by atoms with van der Waals surface area (Å²) in [6.07, 6.45) is 3.17. The van der Waals surface area contributed by atoms with Gasteiger partial charge in [-0.15, -0.1) is 0 Å². The molecule has 1 fully saturated rings. The van der Waals surface area contributed by atoms with Crippen molar-refractivity contribution in [1.82, 2.24) is 4.90 Å². The minimum absolute atomic E-state index is 0.322. The van der Waals surface area contributed by atoms with E-state index in [0.29, 0.717) is 25.7 Å².